The van der Waals surface area contributed by atoms with E-state index in [0.717, 1.165) is 61.7 Å². The van der Waals surface area contributed by atoms with Gasteiger partial charge in [0.2, 0.25) is 0 Å². The van der Waals surface area contributed by atoms with Crippen LogP contribution in [0.4, 0.5) is 0 Å². The van der Waals surface area contributed by atoms with E-state index in [0.29, 0.717) is 17.5 Å². The summed E-state index contributed by atoms with van der Waals surface area (Å²) < 4.78 is 0. The lowest BCUT2D eigenvalue weighted by molar-refractivity contribution is 1.06. The van der Waals surface area contributed by atoms with Gasteiger partial charge in [0.1, 0.15) is 0 Å². The second-order valence-electron chi connectivity index (χ2n) is 12.3. The van der Waals surface area contributed by atoms with Crippen molar-refractivity contribution in [2.75, 3.05) is 0 Å². The van der Waals surface area contributed by atoms with Gasteiger partial charge in [0, 0.05) is 33.6 Å². The van der Waals surface area contributed by atoms with E-state index < -0.39 is 0 Å². The third-order valence-electron chi connectivity index (χ3n) is 8.67. The van der Waals surface area contributed by atoms with Gasteiger partial charge in [0.25, 0.3) is 0 Å². The summed E-state index contributed by atoms with van der Waals surface area (Å²) in [7, 11) is 0. The molecule has 0 saturated carbocycles. The molecule has 0 radical (unpaired) electrons. The van der Waals surface area contributed by atoms with E-state index in [2.05, 4.69) is 101 Å². The van der Waals surface area contributed by atoms with Crippen molar-refractivity contribution in [3.05, 3.63) is 175 Å². The van der Waals surface area contributed by atoms with E-state index in [9.17, 15) is 0 Å². The van der Waals surface area contributed by atoms with Crippen LogP contribution < -0.4 is 0 Å². The highest BCUT2D eigenvalue weighted by molar-refractivity contribution is 5.82. The molecule has 0 fully saturated rings. The fourth-order valence-corrected chi connectivity index (χ4v) is 6.18. The Bertz CT molecular complexity index is 2330. The van der Waals surface area contributed by atoms with E-state index in [1.54, 1.807) is 0 Å². The highest BCUT2D eigenvalue weighted by Gasteiger charge is 2.15. The first-order valence-electron chi connectivity index (χ1n) is 16.7. The van der Waals surface area contributed by atoms with Crippen molar-refractivity contribution in [3.8, 4) is 78.9 Å². The lowest BCUT2D eigenvalue weighted by atomic mass is 9.94. The number of hydrogen-bond acceptors (Lipinski definition) is 5. The van der Waals surface area contributed by atoms with Gasteiger partial charge in [0.15, 0.2) is 23.3 Å². The van der Waals surface area contributed by atoms with Gasteiger partial charge < -0.3 is 0 Å². The van der Waals surface area contributed by atoms with Crippen LogP contribution in [0.3, 0.4) is 0 Å². The van der Waals surface area contributed by atoms with E-state index in [1.165, 1.54) is 11.1 Å². The van der Waals surface area contributed by atoms with Crippen molar-refractivity contribution in [1.82, 2.24) is 24.9 Å². The molecular weight excluding hydrogens is 611 g/mol. The average Bonchev–Trinajstić information content (AvgIpc) is 3.18. The molecule has 0 bridgehead atoms. The van der Waals surface area contributed by atoms with Crippen LogP contribution in [0.1, 0.15) is 11.4 Å². The average molecular weight is 644 g/mol. The Labute approximate surface area is 292 Å². The smallest absolute Gasteiger partial charge is 0.164 e. The van der Waals surface area contributed by atoms with Gasteiger partial charge in [-0.25, -0.2) is 24.9 Å². The molecule has 0 N–H and O–H groups in total. The maximum Gasteiger partial charge on any atom is 0.164 e. The Morgan fingerprint density at radius 3 is 0.960 bits per heavy atom. The molecule has 0 aliphatic rings. The van der Waals surface area contributed by atoms with Crippen LogP contribution >= 0.6 is 0 Å². The highest BCUT2D eigenvalue weighted by Crippen LogP contribution is 2.35. The minimum absolute atomic E-state index is 0.613. The van der Waals surface area contributed by atoms with Gasteiger partial charge in [-0.05, 0) is 71.5 Å². The Morgan fingerprint density at radius 2 is 0.520 bits per heavy atom. The third kappa shape index (κ3) is 6.58. The SMILES string of the molecule is Cc1cc(C)nc(-c2ccc(-c3cc(-c4ccc(-c5ccccc5)cc4)cc(-c4nc(-c5ccccc5)nc(-c5ccccc5)n4)c3)cc2)n1. The van der Waals surface area contributed by atoms with Crippen LogP contribution in [0.15, 0.2) is 164 Å². The minimum Gasteiger partial charge on any atom is -0.233 e. The van der Waals surface area contributed by atoms with Crippen LogP contribution in [0.5, 0.6) is 0 Å². The molecule has 8 aromatic rings. The first-order valence-corrected chi connectivity index (χ1v) is 16.7. The van der Waals surface area contributed by atoms with Gasteiger partial charge in [-0.2, -0.15) is 0 Å². The summed E-state index contributed by atoms with van der Waals surface area (Å²) in [4.78, 5) is 24.4. The van der Waals surface area contributed by atoms with E-state index >= 15 is 0 Å². The summed E-state index contributed by atoms with van der Waals surface area (Å²) in [5, 5.41) is 0. The molecule has 0 saturated heterocycles. The molecule has 0 unspecified atom stereocenters. The Hall–Kier alpha value is -6.59. The molecule has 0 spiro atoms. The van der Waals surface area contributed by atoms with Crippen molar-refractivity contribution >= 4 is 0 Å². The maximum atomic E-state index is 5.05. The summed E-state index contributed by atoms with van der Waals surface area (Å²) in [6.45, 7) is 4.00. The summed E-state index contributed by atoms with van der Waals surface area (Å²) >= 11 is 0. The van der Waals surface area contributed by atoms with Gasteiger partial charge >= 0.3 is 0 Å². The van der Waals surface area contributed by atoms with Crippen LogP contribution in [-0.4, -0.2) is 24.9 Å². The fourth-order valence-electron chi connectivity index (χ4n) is 6.18. The third-order valence-corrected chi connectivity index (χ3v) is 8.67. The fraction of sp³-hybridized carbons (Fsp3) is 0.0444. The predicted octanol–water partition coefficient (Wildman–Crippen LogP) is 10.9. The van der Waals surface area contributed by atoms with Crippen LogP contribution in [0.25, 0.3) is 78.9 Å². The first-order chi connectivity index (χ1) is 24.6. The Morgan fingerprint density at radius 1 is 0.240 bits per heavy atom. The molecule has 2 heterocycles. The monoisotopic (exact) mass is 643 g/mol. The molecule has 50 heavy (non-hydrogen) atoms. The predicted molar refractivity (Wildman–Crippen MR) is 203 cm³/mol. The second kappa shape index (κ2) is 13.5. The van der Waals surface area contributed by atoms with Crippen LogP contribution in [0.2, 0.25) is 0 Å². The summed E-state index contributed by atoms with van der Waals surface area (Å²) in [6, 6.07) is 56.4. The Kier molecular flexibility index (Phi) is 8.29. The number of aryl methyl sites for hydroxylation is 2. The quantitative estimate of drug-likeness (QED) is 0.173. The van der Waals surface area contributed by atoms with Crippen LogP contribution in [0, 0.1) is 13.8 Å². The molecule has 5 heteroatoms. The summed E-state index contributed by atoms with van der Waals surface area (Å²) in [6.07, 6.45) is 0. The highest BCUT2D eigenvalue weighted by atomic mass is 15.0. The van der Waals surface area contributed by atoms with Crippen LogP contribution in [-0.2, 0) is 0 Å². The number of aromatic nitrogens is 5. The van der Waals surface area contributed by atoms with E-state index in [-0.39, 0.29) is 0 Å². The van der Waals surface area contributed by atoms with E-state index in [4.69, 9.17) is 15.0 Å². The van der Waals surface area contributed by atoms with Gasteiger partial charge in [-0.15, -0.1) is 0 Å². The van der Waals surface area contributed by atoms with Gasteiger partial charge in [-0.1, -0.05) is 140 Å². The zero-order valence-electron chi connectivity index (χ0n) is 27.8. The zero-order chi connectivity index (χ0) is 33.9. The summed E-state index contributed by atoms with van der Waals surface area (Å²) in [5.41, 5.74) is 12.3. The van der Waals surface area contributed by atoms with Gasteiger partial charge in [0.05, 0.1) is 0 Å². The number of hydrogen-bond donors (Lipinski definition) is 0. The minimum atomic E-state index is 0.613. The maximum absolute atomic E-state index is 5.05. The molecule has 2 aromatic heterocycles. The standard InChI is InChI=1S/C45H33N5/c1-30-26-31(2)47-42(46-30)38-24-22-35(23-25-38)40-27-39(34-20-18-33(19-21-34)32-12-6-3-7-13-32)28-41(29-40)45-49-43(36-14-8-4-9-15-36)48-44(50-45)37-16-10-5-11-17-37/h3-29H,1-2H3. The Balaban J connectivity index is 1.27. The molecule has 0 aliphatic carbocycles. The molecular formula is C45H33N5. The molecule has 6 aromatic carbocycles. The number of benzene rings is 6. The largest absolute Gasteiger partial charge is 0.233 e. The molecule has 0 aliphatic heterocycles. The van der Waals surface area contributed by atoms with Crippen molar-refractivity contribution in [2.45, 2.75) is 13.8 Å². The first kappa shape index (κ1) is 30.7. The van der Waals surface area contributed by atoms with Crippen molar-refractivity contribution in [1.29, 1.82) is 0 Å². The molecule has 238 valence electrons. The lowest BCUT2D eigenvalue weighted by Gasteiger charge is -2.13. The lowest BCUT2D eigenvalue weighted by Crippen LogP contribution is -2.00. The number of rotatable bonds is 7. The van der Waals surface area contributed by atoms with Crippen molar-refractivity contribution in [3.63, 3.8) is 0 Å². The van der Waals surface area contributed by atoms with Crippen molar-refractivity contribution in [2.24, 2.45) is 0 Å². The second-order valence-corrected chi connectivity index (χ2v) is 12.3. The van der Waals surface area contributed by atoms with Gasteiger partial charge in [-0.3, -0.25) is 0 Å². The van der Waals surface area contributed by atoms with Crippen molar-refractivity contribution < 1.29 is 0 Å². The molecule has 0 amide bonds. The van der Waals surface area contributed by atoms with E-state index in [1.807, 2.05) is 86.6 Å². The molecule has 5 nitrogen and oxygen atoms in total. The molecule has 0 atom stereocenters. The summed E-state index contributed by atoms with van der Waals surface area (Å²) in [5.74, 6) is 2.61. The normalized spacial score (nSPS) is 11.0. The zero-order valence-corrected chi connectivity index (χ0v) is 27.8. The molecule has 8 rings (SSSR count). The number of nitrogens with zero attached hydrogens (tertiary/aromatic N) is 5. The topological polar surface area (TPSA) is 64.5 Å².